The number of unbranched alkanes of at least 4 members (excludes halogenated alkanes) is 2. The van der Waals surface area contributed by atoms with Crippen molar-refractivity contribution in [2.24, 2.45) is 11.8 Å². The second-order valence-electron chi connectivity index (χ2n) is 12.0. The highest BCUT2D eigenvalue weighted by Gasteiger charge is 2.76. The molecule has 2 bridgehead atoms. The Labute approximate surface area is 273 Å². The monoisotopic (exact) mass is 679 g/mol. The van der Waals surface area contributed by atoms with Crippen LogP contribution in [0.2, 0.25) is 0 Å². The molecule has 0 aromatic heterocycles. The summed E-state index contributed by atoms with van der Waals surface area (Å²) in [6.45, 7) is 9.90. The Morgan fingerprint density at radius 2 is 1.50 bits per heavy atom. The maximum Gasteiger partial charge on any atom is 0.247 e. The van der Waals surface area contributed by atoms with E-state index in [0.29, 0.717) is 52.0 Å². The number of halogens is 1. The number of likely N-dealkylation sites (tertiary alicyclic amines) is 1. The summed E-state index contributed by atoms with van der Waals surface area (Å²) in [6.07, 6.45) is 6.18. The Morgan fingerprint density at radius 1 is 0.932 bits per heavy atom. The summed E-state index contributed by atoms with van der Waals surface area (Å²) in [5, 5.41) is 9.24. The summed E-state index contributed by atoms with van der Waals surface area (Å²) in [5.41, 5.74) is 2.02. The maximum absolute atomic E-state index is 14.7. The van der Waals surface area contributed by atoms with Gasteiger partial charge in [0.15, 0.2) is 0 Å². The first-order valence-electron chi connectivity index (χ1n) is 15.5. The predicted molar refractivity (Wildman–Crippen MR) is 179 cm³/mol. The second-order valence-corrected chi connectivity index (χ2v) is 14.7. The number of thioether (sulfide) groups is 1. The molecule has 5 rings (SSSR count). The van der Waals surface area contributed by atoms with Gasteiger partial charge in [0.25, 0.3) is 0 Å². The first kappa shape index (κ1) is 32.5. The Balaban J connectivity index is 1.50. The Morgan fingerprint density at radius 3 is 2.05 bits per heavy atom. The van der Waals surface area contributed by atoms with Crippen molar-refractivity contribution in [3.05, 3.63) is 97.1 Å². The molecule has 1 spiro atoms. The van der Waals surface area contributed by atoms with E-state index in [-0.39, 0.29) is 34.4 Å². The number of amides is 3. The second kappa shape index (κ2) is 14.5. The average Bonchev–Trinajstić information content (AvgIpc) is 3.62. The van der Waals surface area contributed by atoms with Crippen molar-refractivity contribution in [3.63, 3.8) is 0 Å². The molecule has 6 atom stereocenters. The topological polar surface area (TPSA) is 81.2 Å². The number of aliphatic hydroxyl groups is 1. The summed E-state index contributed by atoms with van der Waals surface area (Å²) in [5.74, 6) is -1.39. The van der Waals surface area contributed by atoms with Crippen LogP contribution in [0, 0.1) is 11.8 Å². The van der Waals surface area contributed by atoms with E-state index >= 15 is 0 Å². The van der Waals surface area contributed by atoms with Gasteiger partial charge in [0.1, 0.15) is 6.04 Å². The van der Waals surface area contributed by atoms with Gasteiger partial charge in [-0.05, 0) is 36.8 Å². The molecule has 44 heavy (non-hydrogen) atoms. The molecule has 3 fully saturated rings. The van der Waals surface area contributed by atoms with Gasteiger partial charge in [-0.3, -0.25) is 14.4 Å². The third kappa shape index (κ3) is 6.28. The predicted octanol–water partition coefficient (Wildman–Crippen LogP) is 5.04. The van der Waals surface area contributed by atoms with E-state index in [4.69, 9.17) is 0 Å². The average molecular weight is 681 g/mol. The summed E-state index contributed by atoms with van der Waals surface area (Å²) in [6, 6.07) is 19.0. The van der Waals surface area contributed by atoms with Crippen molar-refractivity contribution < 1.29 is 19.5 Å². The number of carbonyl (C=O) groups excluding carboxylic acids is 3. The largest absolute Gasteiger partial charge is 0.396 e. The number of benzene rings is 2. The lowest BCUT2D eigenvalue weighted by atomic mass is 9.70. The minimum Gasteiger partial charge on any atom is -0.396 e. The van der Waals surface area contributed by atoms with Crippen LogP contribution in [-0.4, -0.2) is 84.6 Å². The molecule has 0 aliphatic carbocycles. The molecule has 1 N–H and O–H groups in total. The fourth-order valence-corrected chi connectivity index (χ4v) is 10.9. The molecular weight excluding hydrogens is 638 g/mol. The van der Waals surface area contributed by atoms with Crippen molar-refractivity contribution in [1.82, 2.24) is 14.7 Å². The first-order valence-corrected chi connectivity index (χ1v) is 17.3. The fourth-order valence-electron chi connectivity index (χ4n) is 7.27. The van der Waals surface area contributed by atoms with E-state index in [1.807, 2.05) is 60.7 Å². The first-order chi connectivity index (χ1) is 21.4. The molecule has 0 radical (unpaired) electrons. The molecule has 3 amide bonds. The SMILES string of the molecule is C=CCN(Cc1ccccc1)C(=O)C1N(CCCCCO)C(=O)[C@@H]2[C@@H](C(=O)N(CC=C)Cc3ccccc3)[C@@H]3SC12CC3Br. The highest BCUT2D eigenvalue weighted by atomic mass is 79.9. The Kier molecular flexibility index (Phi) is 10.7. The van der Waals surface area contributed by atoms with Crippen LogP contribution in [0.4, 0.5) is 0 Å². The lowest BCUT2D eigenvalue weighted by molar-refractivity contribution is -0.145. The van der Waals surface area contributed by atoms with Crippen LogP contribution in [0.1, 0.15) is 36.8 Å². The normalized spacial score (nSPS) is 26.8. The van der Waals surface area contributed by atoms with Crippen molar-refractivity contribution in [2.45, 2.75) is 59.6 Å². The molecule has 234 valence electrons. The number of alkyl halides is 1. The van der Waals surface area contributed by atoms with Crippen molar-refractivity contribution in [3.8, 4) is 0 Å². The standard InChI is InChI=1S/C35H42BrN3O4S/c1-3-18-37(23-25-14-8-5-9-15-25)32(41)28-29-33(42)39(20-12-7-13-21-40)31(35(29)22-27(36)30(28)44-35)34(43)38(19-4-2)24-26-16-10-6-11-17-26/h3-6,8-11,14-17,27-31,40H,1-2,7,12-13,18-24H2/t27?,28-,29+,30-,31?,35?/m1/s1. The van der Waals surface area contributed by atoms with Crippen LogP contribution in [0.3, 0.4) is 0 Å². The molecule has 2 aromatic carbocycles. The van der Waals surface area contributed by atoms with Gasteiger partial charge in [-0.1, -0.05) is 88.7 Å². The van der Waals surface area contributed by atoms with Crippen LogP contribution in [0.25, 0.3) is 0 Å². The van der Waals surface area contributed by atoms with Crippen LogP contribution in [0.15, 0.2) is 86.0 Å². The van der Waals surface area contributed by atoms with Gasteiger partial charge in [0.05, 0.1) is 16.6 Å². The highest BCUT2D eigenvalue weighted by Crippen LogP contribution is 2.68. The van der Waals surface area contributed by atoms with Crippen LogP contribution < -0.4 is 0 Å². The van der Waals surface area contributed by atoms with Gasteiger partial charge in [0, 0.05) is 49.4 Å². The third-order valence-corrected chi connectivity index (χ3v) is 12.3. The highest BCUT2D eigenvalue weighted by molar-refractivity contribution is 9.09. The van der Waals surface area contributed by atoms with Gasteiger partial charge in [-0.25, -0.2) is 0 Å². The summed E-state index contributed by atoms with van der Waals surface area (Å²) >= 11 is 5.56. The quantitative estimate of drug-likeness (QED) is 0.162. The van der Waals surface area contributed by atoms with E-state index in [0.717, 1.165) is 17.5 Å². The number of fused-ring (bicyclic) bond motifs is 1. The zero-order chi connectivity index (χ0) is 31.3. The summed E-state index contributed by atoms with van der Waals surface area (Å²) in [4.78, 5) is 49.0. The molecule has 2 aromatic rings. The van der Waals surface area contributed by atoms with Crippen LogP contribution in [-0.2, 0) is 27.5 Å². The Bertz CT molecular complexity index is 1340. The van der Waals surface area contributed by atoms with Gasteiger partial charge in [0.2, 0.25) is 17.7 Å². The van der Waals surface area contributed by atoms with Gasteiger partial charge in [-0.15, -0.1) is 24.9 Å². The molecule has 3 unspecified atom stereocenters. The van der Waals surface area contributed by atoms with Crippen LogP contribution in [0.5, 0.6) is 0 Å². The number of carbonyl (C=O) groups is 3. The molecule has 7 nitrogen and oxygen atoms in total. The lowest BCUT2D eigenvalue weighted by Gasteiger charge is -2.38. The van der Waals surface area contributed by atoms with E-state index in [1.54, 1.807) is 38.6 Å². The molecule has 0 saturated carbocycles. The number of nitrogens with zero attached hydrogens (tertiary/aromatic N) is 3. The summed E-state index contributed by atoms with van der Waals surface area (Å²) < 4.78 is -0.715. The van der Waals surface area contributed by atoms with Crippen LogP contribution >= 0.6 is 27.7 Å². The molecule has 3 aliphatic rings. The molecule has 9 heteroatoms. The fraction of sp³-hybridized carbons (Fsp3) is 0.457. The molecule has 3 saturated heterocycles. The van der Waals surface area contributed by atoms with Gasteiger partial charge in [-0.2, -0.15) is 0 Å². The van der Waals surface area contributed by atoms with E-state index in [9.17, 15) is 19.5 Å². The smallest absolute Gasteiger partial charge is 0.247 e. The van der Waals surface area contributed by atoms with E-state index < -0.39 is 22.6 Å². The number of hydrogen-bond acceptors (Lipinski definition) is 5. The Hall–Kier alpha value is -2.88. The minimum atomic E-state index is -0.715. The van der Waals surface area contributed by atoms with Gasteiger partial charge < -0.3 is 19.8 Å². The number of hydrogen-bond donors (Lipinski definition) is 1. The van der Waals surface area contributed by atoms with Gasteiger partial charge >= 0.3 is 0 Å². The van der Waals surface area contributed by atoms with Crippen molar-refractivity contribution >= 4 is 45.4 Å². The third-order valence-electron chi connectivity index (χ3n) is 9.12. The van der Waals surface area contributed by atoms with Crippen molar-refractivity contribution in [1.29, 1.82) is 0 Å². The van der Waals surface area contributed by atoms with E-state index in [2.05, 4.69) is 29.1 Å². The number of aliphatic hydroxyl groups excluding tert-OH is 1. The lowest BCUT2D eigenvalue weighted by Crippen LogP contribution is -2.55. The minimum absolute atomic E-state index is 0.000534. The zero-order valence-corrected chi connectivity index (χ0v) is 27.5. The summed E-state index contributed by atoms with van der Waals surface area (Å²) in [7, 11) is 0. The molecule has 3 aliphatic heterocycles. The van der Waals surface area contributed by atoms with Crippen molar-refractivity contribution in [2.75, 3.05) is 26.2 Å². The molecular formula is C35H42BrN3O4S. The van der Waals surface area contributed by atoms with E-state index in [1.165, 1.54) is 0 Å². The number of rotatable bonds is 15. The zero-order valence-electron chi connectivity index (χ0n) is 25.1. The molecule has 3 heterocycles. The maximum atomic E-state index is 14.7.